The van der Waals surface area contributed by atoms with Crippen LogP contribution in [0.3, 0.4) is 0 Å². The van der Waals surface area contributed by atoms with Crippen LogP contribution >= 0.6 is 0 Å². The number of aromatic nitrogens is 2. The van der Waals surface area contributed by atoms with Crippen molar-refractivity contribution in [2.75, 3.05) is 11.9 Å². The molecule has 0 fully saturated rings. The van der Waals surface area contributed by atoms with Crippen LogP contribution in [0.2, 0.25) is 0 Å². The highest BCUT2D eigenvalue weighted by atomic mass is 16.5. The lowest BCUT2D eigenvalue weighted by Gasteiger charge is -2.16. The van der Waals surface area contributed by atoms with Gasteiger partial charge in [0, 0.05) is 24.8 Å². The first-order valence-corrected chi connectivity index (χ1v) is 6.12. The van der Waals surface area contributed by atoms with Crippen molar-refractivity contribution in [1.29, 1.82) is 0 Å². The van der Waals surface area contributed by atoms with Crippen LogP contribution in [0.5, 0.6) is 5.88 Å². The average Bonchev–Trinajstić information content (AvgIpc) is 2.28. The molecule has 5 nitrogen and oxygen atoms in total. The van der Waals surface area contributed by atoms with Crippen LogP contribution in [0, 0.1) is 0 Å². The van der Waals surface area contributed by atoms with Crippen molar-refractivity contribution < 1.29 is 4.74 Å². The van der Waals surface area contributed by atoms with Crippen molar-refractivity contribution >= 4 is 5.95 Å². The third-order valence-corrected chi connectivity index (χ3v) is 2.24. The second kappa shape index (κ2) is 7.06. The van der Waals surface area contributed by atoms with Gasteiger partial charge in [0.05, 0.1) is 6.10 Å². The standard InChI is InChI=1S/C12H22N4O/c1-4-5-10(8-13)15-12-14-7-6-11(16-12)17-9(2)3/h6-7,9-10H,4-5,8,13H2,1-3H3,(H,14,15,16). The van der Waals surface area contributed by atoms with Gasteiger partial charge in [-0.3, -0.25) is 0 Å². The minimum Gasteiger partial charge on any atom is -0.475 e. The summed E-state index contributed by atoms with van der Waals surface area (Å²) in [6.45, 7) is 6.64. The summed E-state index contributed by atoms with van der Waals surface area (Å²) in [7, 11) is 0. The van der Waals surface area contributed by atoms with Crippen LogP contribution in [0.4, 0.5) is 5.95 Å². The topological polar surface area (TPSA) is 73.1 Å². The summed E-state index contributed by atoms with van der Waals surface area (Å²) in [6, 6.07) is 1.97. The van der Waals surface area contributed by atoms with E-state index in [0.717, 1.165) is 12.8 Å². The second-order valence-electron chi connectivity index (χ2n) is 4.25. The fraction of sp³-hybridized carbons (Fsp3) is 0.667. The molecule has 0 bridgehead atoms. The highest BCUT2D eigenvalue weighted by Gasteiger charge is 2.08. The molecule has 0 aliphatic heterocycles. The van der Waals surface area contributed by atoms with Gasteiger partial charge >= 0.3 is 0 Å². The Morgan fingerprint density at radius 2 is 2.24 bits per heavy atom. The van der Waals surface area contributed by atoms with Crippen LogP contribution in [0.25, 0.3) is 0 Å². The molecule has 0 aliphatic rings. The fourth-order valence-electron chi connectivity index (χ4n) is 1.50. The third kappa shape index (κ3) is 4.99. The molecule has 0 aromatic carbocycles. The van der Waals surface area contributed by atoms with Crippen LogP contribution in [-0.2, 0) is 0 Å². The molecule has 0 saturated heterocycles. The second-order valence-corrected chi connectivity index (χ2v) is 4.25. The van der Waals surface area contributed by atoms with Gasteiger partial charge in [-0.2, -0.15) is 4.98 Å². The minimum atomic E-state index is 0.110. The molecule has 5 heteroatoms. The Balaban J connectivity index is 2.63. The number of nitrogens with one attached hydrogen (secondary N) is 1. The maximum atomic E-state index is 5.68. The first-order valence-electron chi connectivity index (χ1n) is 6.12. The maximum absolute atomic E-state index is 5.68. The summed E-state index contributed by atoms with van der Waals surface area (Å²) in [5.74, 6) is 1.16. The van der Waals surface area contributed by atoms with Crippen LogP contribution in [0.1, 0.15) is 33.6 Å². The van der Waals surface area contributed by atoms with E-state index in [9.17, 15) is 0 Å². The van der Waals surface area contributed by atoms with Gasteiger partial charge in [-0.1, -0.05) is 13.3 Å². The van der Waals surface area contributed by atoms with E-state index in [1.165, 1.54) is 0 Å². The molecule has 1 aromatic heterocycles. The lowest BCUT2D eigenvalue weighted by molar-refractivity contribution is 0.232. The van der Waals surface area contributed by atoms with E-state index in [0.29, 0.717) is 18.4 Å². The lowest BCUT2D eigenvalue weighted by atomic mass is 10.2. The first kappa shape index (κ1) is 13.7. The average molecular weight is 238 g/mol. The number of nitrogens with two attached hydrogens (primary N) is 1. The van der Waals surface area contributed by atoms with E-state index in [-0.39, 0.29) is 12.1 Å². The summed E-state index contributed by atoms with van der Waals surface area (Å²) in [4.78, 5) is 8.44. The minimum absolute atomic E-state index is 0.110. The highest BCUT2D eigenvalue weighted by Crippen LogP contribution is 2.11. The monoisotopic (exact) mass is 238 g/mol. The van der Waals surface area contributed by atoms with E-state index >= 15 is 0 Å². The van der Waals surface area contributed by atoms with Crippen molar-refractivity contribution in [3.63, 3.8) is 0 Å². The SMILES string of the molecule is CCCC(CN)Nc1nccc(OC(C)C)n1. The van der Waals surface area contributed by atoms with Gasteiger partial charge in [0.15, 0.2) is 0 Å². The molecule has 96 valence electrons. The quantitative estimate of drug-likeness (QED) is 0.757. The number of hydrogen-bond donors (Lipinski definition) is 2. The number of anilines is 1. The number of rotatable bonds is 7. The Morgan fingerprint density at radius 3 is 2.82 bits per heavy atom. The Labute approximate surface area is 103 Å². The zero-order valence-electron chi connectivity index (χ0n) is 10.8. The van der Waals surface area contributed by atoms with Gasteiger partial charge in [0.2, 0.25) is 11.8 Å². The molecule has 0 saturated carbocycles. The Kier molecular flexibility index (Phi) is 5.69. The number of ether oxygens (including phenoxy) is 1. The normalized spacial score (nSPS) is 12.5. The zero-order chi connectivity index (χ0) is 12.7. The summed E-state index contributed by atoms with van der Waals surface area (Å²) in [6.07, 6.45) is 3.89. The summed E-state index contributed by atoms with van der Waals surface area (Å²) in [5.41, 5.74) is 5.68. The highest BCUT2D eigenvalue weighted by molar-refractivity contribution is 5.29. The summed E-state index contributed by atoms with van der Waals surface area (Å²) >= 11 is 0. The van der Waals surface area contributed by atoms with Gasteiger partial charge in [0.1, 0.15) is 0 Å². The molecular formula is C12H22N4O. The molecule has 0 spiro atoms. The third-order valence-electron chi connectivity index (χ3n) is 2.24. The molecule has 3 N–H and O–H groups in total. The number of nitrogens with zero attached hydrogens (tertiary/aromatic N) is 2. The maximum Gasteiger partial charge on any atom is 0.226 e. The van der Waals surface area contributed by atoms with E-state index in [1.807, 2.05) is 13.8 Å². The lowest BCUT2D eigenvalue weighted by Crippen LogP contribution is -2.29. The molecule has 1 heterocycles. The molecule has 1 aromatic rings. The molecule has 17 heavy (non-hydrogen) atoms. The predicted molar refractivity (Wildman–Crippen MR) is 69.2 cm³/mol. The van der Waals surface area contributed by atoms with E-state index < -0.39 is 0 Å². The van der Waals surface area contributed by atoms with Gasteiger partial charge in [0.25, 0.3) is 0 Å². The van der Waals surface area contributed by atoms with Crippen molar-refractivity contribution in [1.82, 2.24) is 9.97 Å². The van der Waals surface area contributed by atoms with Crippen LogP contribution in [0.15, 0.2) is 12.3 Å². The molecule has 1 unspecified atom stereocenters. The van der Waals surface area contributed by atoms with Crippen molar-refractivity contribution in [3.05, 3.63) is 12.3 Å². The Morgan fingerprint density at radius 1 is 1.47 bits per heavy atom. The zero-order valence-corrected chi connectivity index (χ0v) is 10.8. The first-order chi connectivity index (χ1) is 8.15. The summed E-state index contributed by atoms with van der Waals surface area (Å²) in [5, 5.41) is 3.22. The molecule has 0 radical (unpaired) electrons. The molecule has 1 atom stereocenters. The molecule has 0 amide bonds. The van der Waals surface area contributed by atoms with Crippen LogP contribution < -0.4 is 15.8 Å². The largest absolute Gasteiger partial charge is 0.475 e. The Hall–Kier alpha value is -1.36. The van der Waals surface area contributed by atoms with E-state index in [1.54, 1.807) is 12.3 Å². The van der Waals surface area contributed by atoms with Crippen molar-refractivity contribution in [2.45, 2.75) is 45.8 Å². The van der Waals surface area contributed by atoms with E-state index in [4.69, 9.17) is 10.5 Å². The van der Waals surface area contributed by atoms with Gasteiger partial charge in [-0.15, -0.1) is 0 Å². The molecule has 1 rings (SSSR count). The van der Waals surface area contributed by atoms with Crippen molar-refractivity contribution in [3.8, 4) is 5.88 Å². The van der Waals surface area contributed by atoms with Crippen molar-refractivity contribution in [2.24, 2.45) is 5.73 Å². The number of hydrogen-bond acceptors (Lipinski definition) is 5. The Bertz CT molecular complexity index is 330. The predicted octanol–water partition coefficient (Wildman–Crippen LogP) is 1.80. The van der Waals surface area contributed by atoms with Crippen LogP contribution in [-0.4, -0.2) is 28.7 Å². The van der Waals surface area contributed by atoms with Gasteiger partial charge in [-0.05, 0) is 20.3 Å². The fourth-order valence-corrected chi connectivity index (χ4v) is 1.50. The molecule has 0 aliphatic carbocycles. The smallest absolute Gasteiger partial charge is 0.226 e. The van der Waals surface area contributed by atoms with Gasteiger partial charge in [-0.25, -0.2) is 4.98 Å². The van der Waals surface area contributed by atoms with E-state index in [2.05, 4.69) is 22.2 Å². The summed E-state index contributed by atoms with van der Waals surface area (Å²) < 4.78 is 5.51. The molecular weight excluding hydrogens is 216 g/mol. The van der Waals surface area contributed by atoms with Gasteiger partial charge < -0.3 is 15.8 Å².